The predicted octanol–water partition coefficient (Wildman–Crippen LogP) is -2.71. The summed E-state index contributed by atoms with van der Waals surface area (Å²) in [7, 11) is 3.03. The zero-order valence-corrected chi connectivity index (χ0v) is 21.9. The van der Waals surface area contributed by atoms with Crippen molar-refractivity contribution in [2.24, 2.45) is 16.5 Å². The lowest BCUT2D eigenvalue weighted by Crippen LogP contribution is -2.53. The van der Waals surface area contributed by atoms with E-state index in [0.29, 0.717) is 23.8 Å². The van der Waals surface area contributed by atoms with E-state index in [2.05, 4.69) is 26.3 Å². The maximum absolute atomic E-state index is 12.8. The van der Waals surface area contributed by atoms with Crippen molar-refractivity contribution in [3.05, 3.63) is 35.4 Å². The number of nitrogens with zero attached hydrogens (tertiary/aromatic N) is 2. The first kappa shape index (κ1) is 32.5. The number of carbonyl (C=O) groups excluding carboxylic acids is 5. The molecule has 4 amide bonds. The molecule has 214 valence electrons. The van der Waals surface area contributed by atoms with E-state index in [4.69, 9.17) is 11.5 Å². The van der Waals surface area contributed by atoms with Gasteiger partial charge >= 0.3 is 5.97 Å². The molecule has 2 atom stereocenters. The van der Waals surface area contributed by atoms with E-state index in [-0.39, 0.29) is 37.9 Å². The average molecular weight is 549 g/mol. The molecule has 9 N–H and O–H groups in total. The number of nitrogens with one attached hydrogen (secondary N) is 4. The van der Waals surface area contributed by atoms with Gasteiger partial charge in [-0.1, -0.05) is 18.2 Å². The van der Waals surface area contributed by atoms with Crippen molar-refractivity contribution < 1.29 is 33.9 Å². The molecule has 1 aromatic carbocycles. The maximum Gasteiger partial charge on any atom is 0.305 e. The van der Waals surface area contributed by atoms with Gasteiger partial charge in [0.15, 0.2) is 5.96 Å². The van der Waals surface area contributed by atoms with E-state index in [9.17, 15) is 33.9 Å². The van der Waals surface area contributed by atoms with Gasteiger partial charge in [0.05, 0.1) is 19.5 Å². The monoisotopic (exact) mass is 548 g/mol. The Labute approximate surface area is 225 Å². The van der Waals surface area contributed by atoms with Crippen LogP contribution < -0.4 is 32.7 Å². The van der Waals surface area contributed by atoms with Gasteiger partial charge in [-0.05, 0) is 31.5 Å². The van der Waals surface area contributed by atoms with Gasteiger partial charge in [-0.2, -0.15) is 0 Å². The molecule has 0 aromatic heterocycles. The molecule has 0 radical (unpaired) electrons. The smallest absolute Gasteiger partial charge is 0.305 e. The minimum absolute atomic E-state index is 0.00223. The van der Waals surface area contributed by atoms with Crippen LogP contribution in [-0.4, -0.2) is 97.7 Å². The normalized spacial score (nSPS) is 11.8. The molecular weight excluding hydrogens is 512 g/mol. The Morgan fingerprint density at radius 2 is 1.82 bits per heavy atom. The van der Waals surface area contributed by atoms with Crippen molar-refractivity contribution in [2.75, 3.05) is 33.7 Å². The van der Waals surface area contributed by atoms with Gasteiger partial charge in [0, 0.05) is 25.7 Å². The van der Waals surface area contributed by atoms with Crippen LogP contribution in [0.1, 0.15) is 35.2 Å². The molecule has 0 bridgehead atoms. The van der Waals surface area contributed by atoms with Crippen LogP contribution in [0.4, 0.5) is 0 Å². The van der Waals surface area contributed by atoms with E-state index >= 15 is 0 Å². The molecule has 1 aromatic rings. The molecule has 15 heteroatoms. The Hall–Kier alpha value is -4.53. The summed E-state index contributed by atoms with van der Waals surface area (Å²) in [4.78, 5) is 77.5. The number of amides is 4. The number of aliphatic imine (C=N–C) groups is 1. The summed E-state index contributed by atoms with van der Waals surface area (Å²) >= 11 is 0. The van der Waals surface area contributed by atoms with Crippen LogP contribution in [0.2, 0.25) is 0 Å². The second-order valence-corrected chi connectivity index (χ2v) is 8.52. The quantitative estimate of drug-likeness (QED) is 0.0459. The second-order valence-electron chi connectivity index (χ2n) is 8.52. The van der Waals surface area contributed by atoms with E-state index in [1.54, 1.807) is 31.3 Å². The summed E-state index contributed by atoms with van der Waals surface area (Å²) in [5, 5.41) is 19.1. The Kier molecular flexibility index (Phi) is 14.2. The highest BCUT2D eigenvalue weighted by molar-refractivity contribution is 5.94. The van der Waals surface area contributed by atoms with Crippen LogP contribution in [0, 0.1) is 0 Å². The first-order valence-electron chi connectivity index (χ1n) is 12.0. The summed E-state index contributed by atoms with van der Waals surface area (Å²) < 4.78 is 0. The minimum Gasteiger partial charge on any atom is -0.481 e. The van der Waals surface area contributed by atoms with Crippen LogP contribution in [-0.2, 0) is 30.5 Å². The van der Waals surface area contributed by atoms with Gasteiger partial charge in [0.25, 0.3) is 0 Å². The van der Waals surface area contributed by atoms with Gasteiger partial charge in [0.1, 0.15) is 18.4 Å². The average Bonchev–Trinajstić information content (AvgIpc) is 2.89. The number of rotatable bonds is 17. The van der Waals surface area contributed by atoms with Crippen molar-refractivity contribution in [3.8, 4) is 0 Å². The topological polar surface area (TPSA) is 238 Å². The Morgan fingerprint density at radius 3 is 2.44 bits per heavy atom. The highest BCUT2D eigenvalue weighted by atomic mass is 16.4. The number of carboxylic acid groups (broad SMARTS) is 1. The van der Waals surface area contributed by atoms with Gasteiger partial charge in [-0.3, -0.25) is 33.8 Å². The SMILES string of the molecule is CNCC(=O)N(C)[C@@H](CCCN=C(N)N)C(=O)NCC(=O)NC(CC(=O)O)C(=O)NCc1cccc(C=O)c1. The molecule has 1 rings (SSSR count). The number of carbonyl (C=O) groups is 6. The van der Waals surface area contributed by atoms with Gasteiger partial charge < -0.3 is 42.7 Å². The molecule has 1 unspecified atom stereocenters. The fraction of sp³-hybridized carbons (Fsp3) is 0.458. The van der Waals surface area contributed by atoms with E-state index in [0.717, 1.165) is 0 Å². The van der Waals surface area contributed by atoms with Crippen molar-refractivity contribution in [1.82, 2.24) is 26.2 Å². The molecule has 0 spiro atoms. The fourth-order valence-electron chi connectivity index (χ4n) is 3.45. The predicted molar refractivity (Wildman–Crippen MR) is 141 cm³/mol. The third kappa shape index (κ3) is 12.5. The van der Waals surface area contributed by atoms with E-state index < -0.39 is 48.7 Å². The lowest BCUT2D eigenvalue weighted by atomic mass is 10.1. The number of carboxylic acids is 1. The molecule has 0 saturated heterocycles. The number of guanidine groups is 1. The number of nitrogens with two attached hydrogens (primary N) is 2. The molecule has 15 nitrogen and oxygen atoms in total. The molecule has 0 aliphatic heterocycles. The number of likely N-dealkylation sites (N-methyl/N-ethyl adjacent to an activating group) is 2. The van der Waals surface area contributed by atoms with Crippen molar-refractivity contribution in [3.63, 3.8) is 0 Å². The Balaban J connectivity index is 2.79. The highest BCUT2D eigenvalue weighted by Crippen LogP contribution is 2.07. The fourth-order valence-corrected chi connectivity index (χ4v) is 3.45. The molecule has 39 heavy (non-hydrogen) atoms. The number of hydrogen-bond acceptors (Lipinski definition) is 8. The van der Waals surface area contributed by atoms with E-state index in [1.807, 2.05) is 0 Å². The first-order valence-corrected chi connectivity index (χ1v) is 12.0. The summed E-state index contributed by atoms with van der Waals surface area (Å²) in [5.41, 5.74) is 11.6. The minimum atomic E-state index is -1.42. The van der Waals surface area contributed by atoms with Crippen LogP contribution in [0.5, 0.6) is 0 Å². The number of hydrogen-bond donors (Lipinski definition) is 7. The highest BCUT2D eigenvalue weighted by Gasteiger charge is 2.28. The molecule has 0 saturated carbocycles. The van der Waals surface area contributed by atoms with Crippen LogP contribution in [0.25, 0.3) is 0 Å². The summed E-state index contributed by atoms with van der Waals surface area (Å²) in [5.74, 6) is -3.99. The number of benzene rings is 1. The molecule has 0 heterocycles. The van der Waals surface area contributed by atoms with Crippen LogP contribution in [0.3, 0.4) is 0 Å². The third-order valence-corrected chi connectivity index (χ3v) is 5.43. The third-order valence-electron chi connectivity index (χ3n) is 5.43. The number of aldehydes is 1. The number of aliphatic carboxylic acids is 1. The van der Waals surface area contributed by atoms with Gasteiger partial charge in [-0.25, -0.2) is 0 Å². The van der Waals surface area contributed by atoms with Gasteiger partial charge in [0.2, 0.25) is 23.6 Å². The maximum atomic E-state index is 12.8. The van der Waals surface area contributed by atoms with Crippen molar-refractivity contribution >= 4 is 41.8 Å². The summed E-state index contributed by atoms with van der Waals surface area (Å²) in [6.45, 7) is -0.355. The Morgan fingerprint density at radius 1 is 1.10 bits per heavy atom. The zero-order chi connectivity index (χ0) is 29.4. The van der Waals surface area contributed by atoms with Crippen LogP contribution >= 0.6 is 0 Å². The lowest BCUT2D eigenvalue weighted by Gasteiger charge is -2.27. The molecule has 0 aliphatic rings. The Bertz CT molecular complexity index is 1060. The summed E-state index contributed by atoms with van der Waals surface area (Å²) in [6, 6.07) is 4.08. The lowest BCUT2D eigenvalue weighted by molar-refractivity contribution is -0.141. The molecule has 0 aliphatic carbocycles. The van der Waals surface area contributed by atoms with E-state index in [1.165, 1.54) is 11.9 Å². The first-order chi connectivity index (χ1) is 18.5. The molecule has 0 fully saturated rings. The van der Waals surface area contributed by atoms with Gasteiger partial charge in [-0.15, -0.1) is 0 Å². The van der Waals surface area contributed by atoms with Crippen LogP contribution in [0.15, 0.2) is 29.3 Å². The largest absolute Gasteiger partial charge is 0.481 e. The van der Waals surface area contributed by atoms with Crippen molar-refractivity contribution in [2.45, 2.75) is 37.9 Å². The standard InChI is InChI=1S/C24H36N8O7/c1-27-13-20(35)32(2)18(7-4-8-28-24(25)26)23(39)30-12-19(34)31-17(10-21(36)37)22(38)29-11-15-5-3-6-16(9-15)14-33/h3,5-6,9,14,17-18,27H,4,7-8,10-13H2,1-2H3,(H,29,38)(H,30,39)(H,31,34)(H,36,37)(H4,25,26,28)/t17?,18-/m0/s1. The second kappa shape index (κ2) is 17.1. The molecular formula is C24H36N8O7. The zero-order valence-electron chi connectivity index (χ0n) is 21.9. The summed E-state index contributed by atoms with van der Waals surface area (Å²) in [6.07, 6.45) is 0.520. The van der Waals surface area contributed by atoms with Crippen molar-refractivity contribution in [1.29, 1.82) is 0 Å².